The van der Waals surface area contributed by atoms with E-state index in [2.05, 4.69) is 27.4 Å². The fourth-order valence-electron chi connectivity index (χ4n) is 3.82. The number of carbonyl (C=O) groups excluding carboxylic acids is 2. The van der Waals surface area contributed by atoms with Crippen molar-refractivity contribution in [3.05, 3.63) is 66.1 Å². The second-order valence-electron chi connectivity index (χ2n) is 7.21. The number of rotatable bonds is 5. The minimum absolute atomic E-state index is 0.00806. The zero-order valence-corrected chi connectivity index (χ0v) is 15.7. The molecular weight excluding hydrogens is 352 g/mol. The van der Waals surface area contributed by atoms with E-state index in [-0.39, 0.29) is 17.7 Å². The van der Waals surface area contributed by atoms with Gasteiger partial charge < -0.3 is 15.2 Å². The van der Waals surface area contributed by atoms with E-state index in [0.717, 1.165) is 11.9 Å². The summed E-state index contributed by atoms with van der Waals surface area (Å²) in [6, 6.07) is 11.7. The number of aromatic amines is 1. The predicted molar refractivity (Wildman–Crippen MR) is 108 cm³/mol. The van der Waals surface area contributed by atoms with E-state index in [0.29, 0.717) is 38.0 Å². The van der Waals surface area contributed by atoms with Gasteiger partial charge in [-0.3, -0.25) is 14.6 Å². The van der Waals surface area contributed by atoms with Crippen LogP contribution in [0, 0.1) is 5.92 Å². The third kappa shape index (κ3) is 3.91. The van der Waals surface area contributed by atoms with E-state index in [4.69, 9.17) is 0 Å². The van der Waals surface area contributed by atoms with Crippen LogP contribution in [0.1, 0.15) is 28.8 Å². The molecule has 28 heavy (non-hydrogen) atoms. The van der Waals surface area contributed by atoms with Gasteiger partial charge in [-0.15, -0.1) is 0 Å². The number of nitrogens with zero attached hydrogens (tertiary/aromatic N) is 2. The lowest BCUT2D eigenvalue weighted by Crippen LogP contribution is -2.43. The van der Waals surface area contributed by atoms with E-state index in [1.807, 2.05) is 23.2 Å². The first-order chi connectivity index (χ1) is 13.7. The van der Waals surface area contributed by atoms with Crippen LogP contribution < -0.4 is 5.32 Å². The molecule has 144 valence electrons. The van der Waals surface area contributed by atoms with Gasteiger partial charge in [-0.05, 0) is 43.0 Å². The molecule has 1 aromatic carbocycles. The zero-order chi connectivity index (χ0) is 19.3. The normalized spacial score (nSPS) is 14.9. The summed E-state index contributed by atoms with van der Waals surface area (Å²) in [7, 11) is 0. The van der Waals surface area contributed by atoms with Gasteiger partial charge in [-0.1, -0.05) is 18.2 Å². The van der Waals surface area contributed by atoms with Gasteiger partial charge in [0.2, 0.25) is 5.91 Å². The van der Waals surface area contributed by atoms with Gasteiger partial charge in [0.1, 0.15) is 0 Å². The maximum atomic E-state index is 12.5. The summed E-state index contributed by atoms with van der Waals surface area (Å²) in [4.78, 5) is 34.1. The van der Waals surface area contributed by atoms with E-state index in [9.17, 15) is 9.59 Å². The number of amides is 2. The molecule has 0 spiro atoms. The molecule has 3 heterocycles. The molecule has 2 aromatic heterocycles. The predicted octanol–water partition coefficient (Wildman–Crippen LogP) is 2.77. The summed E-state index contributed by atoms with van der Waals surface area (Å²) in [5.74, 6) is 0.0560. The van der Waals surface area contributed by atoms with Crippen molar-refractivity contribution in [3.63, 3.8) is 0 Å². The molecule has 3 aromatic rings. The van der Waals surface area contributed by atoms with Gasteiger partial charge in [0, 0.05) is 55.0 Å². The van der Waals surface area contributed by atoms with Gasteiger partial charge in [-0.25, -0.2) is 0 Å². The van der Waals surface area contributed by atoms with Crippen LogP contribution in [0.4, 0.5) is 0 Å². The Morgan fingerprint density at radius 1 is 1.14 bits per heavy atom. The average Bonchev–Trinajstić information content (AvgIpc) is 3.17. The van der Waals surface area contributed by atoms with Crippen molar-refractivity contribution in [2.75, 3.05) is 19.6 Å². The number of fused-ring (bicyclic) bond motifs is 1. The third-order valence-electron chi connectivity index (χ3n) is 5.43. The van der Waals surface area contributed by atoms with Crippen molar-refractivity contribution < 1.29 is 9.59 Å². The number of hydrogen-bond acceptors (Lipinski definition) is 3. The largest absolute Gasteiger partial charge is 0.361 e. The Labute approximate surface area is 164 Å². The van der Waals surface area contributed by atoms with E-state index in [1.54, 1.807) is 24.5 Å². The van der Waals surface area contributed by atoms with Crippen LogP contribution in [0.15, 0.2) is 55.0 Å². The molecule has 6 nitrogen and oxygen atoms in total. The summed E-state index contributed by atoms with van der Waals surface area (Å²) in [5.41, 5.74) is 2.94. The molecule has 0 bridgehead atoms. The second kappa shape index (κ2) is 8.25. The standard InChI is InChI=1S/C22H24N4O2/c27-21(24-11-7-17-15-25-20-6-2-1-5-19(17)20)16-8-12-26(13-9-16)22(28)18-4-3-10-23-14-18/h1-6,10,14-16,25H,7-9,11-13H2,(H,24,27). The summed E-state index contributed by atoms with van der Waals surface area (Å²) in [5, 5.41) is 4.27. The highest BCUT2D eigenvalue weighted by molar-refractivity contribution is 5.94. The summed E-state index contributed by atoms with van der Waals surface area (Å²) in [6.45, 7) is 1.83. The number of benzene rings is 1. The molecule has 2 amide bonds. The third-order valence-corrected chi connectivity index (χ3v) is 5.43. The van der Waals surface area contributed by atoms with Crippen molar-refractivity contribution >= 4 is 22.7 Å². The Hall–Kier alpha value is -3.15. The molecule has 2 N–H and O–H groups in total. The lowest BCUT2D eigenvalue weighted by Gasteiger charge is -2.31. The van der Waals surface area contributed by atoms with Gasteiger partial charge in [0.25, 0.3) is 5.91 Å². The number of hydrogen-bond donors (Lipinski definition) is 2. The highest BCUT2D eigenvalue weighted by Gasteiger charge is 2.27. The maximum Gasteiger partial charge on any atom is 0.255 e. The molecular formula is C22H24N4O2. The van der Waals surface area contributed by atoms with E-state index >= 15 is 0 Å². The fourth-order valence-corrected chi connectivity index (χ4v) is 3.82. The Balaban J connectivity index is 1.25. The number of likely N-dealkylation sites (tertiary alicyclic amines) is 1. The number of pyridine rings is 1. The highest BCUT2D eigenvalue weighted by Crippen LogP contribution is 2.20. The molecule has 0 aliphatic carbocycles. The molecule has 6 heteroatoms. The van der Waals surface area contributed by atoms with Gasteiger partial charge in [0.15, 0.2) is 0 Å². The first-order valence-corrected chi connectivity index (χ1v) is 9.74. The maximum absolute atomic E-state index is 12.5. The van der Waals surface area contributed by atoms with Crippen molar-refractivity contribution in [1.82, 2.24) is 20.2 Å². The Kier molecular flexibility index (Phi) is 5.37. The summed E-state index contributed by atoms with van der Waals surface area (Å²) in [6.07, 6.45) is 7.46. The van der Waals surface area contributed by atoms with Crippen LogP contribution in [-0.2, 0) is 11.2 Å². The van der Waals surface area contributed by atoms with Crippen molar-refractivity contribution in [2.24, 2.45) is 5.92 Å². The quantitative estimate of drug-likeness (QED) is 0.719. The van der Waals surface area contributed by atoms with Crippen molar-refractivity contribution in [2.45, 2.75) is 19.3 Å². The van der Waals surface area contributed by atoms with Gasteiger partial charge >= 0.3 is 0 Å². The number of H-pyrrole nitrogens is 1. The first kappa shape index (κ1) is 18.2. The van der Waals surface area contributed by atoms with Crippen LogP contribution in [-0.4, -0.2) is 46.3 Å². The molecule has 4 rings (SSSR count). The monoisotopic (exact) mass is 376 g/mol. The number of aromatic nitrogens is 2. The topological polar surface area (TPSA) is 78.1 Å². The highest BCUT2D eigenvalue weighted by atomic mass is 16.2. The van der Waals surface area contributed by atoms with Crippen LogP contribution in [0.5, 0.6) is 0 Å². The molecule has 0 unspecified atom stereocenters. The minimum atomic E-state index is -0.0269. The molecule has 1 aliphatic heterocycles. The second-order valence-corrected chi connectivity index (χ2v) is 7.21. The Morgan fingerprint density at radius 3 is 2.75 bits per heavy atom. The SMILES string of the molecule is O=C(NCCc1c[nH]c2ccccc12)C1CCN(C(=O)c2cccnc2)CC1. The zero-order valence-electron chi connectivity index (χ0n) is 15.7. The number of piperidine rings is 1. The molecule has 0 radical (unpaired) electrons. The van der Waals surface area contributed by atoms with Crippen LogP contribution in [0.3, 0.4) is 0 Å². The van der Waals surface area contributed by atoms with E-state index < -0.39 is 0 Å². The number of carbonyl (C=O) groups is 2. The van der Waals surface area contributed by atoms with Crippen LogP contribution >= 0.6 is 0 Å². The molecule has 1 fully saturated rings. The smallest absolute Gasteiger partial charge is 0.255 e. The summed E-state index contributed by atoms with van der Waals surface area (Å²) >= 11 is 0. The van der Waals surface area contributed by atoms with E-state index in [1.165, 1.54) is 10.9 Å². The van der Waals surface area contributed by atoms with Gasteiger partial charge in [0.05, 0.1) is 5.56 Å². The van der Waals surface area contributed by atoms with Crippen LogP contribution in [0.2, 0.25) is 0 Å². The lowest BCUT2D eigenvalue weighted by atomic mass is 9.95. The molecule has 0 saturated carbocycles. The number of nitrogens with one attached hydrogen (secondary N) is 2. The van der Waals surface area contributed by atoms with Crippen molar-refractivity contribution in [1.29, 1.82) is 0 Å². The Morgan fingerprint density at radius 2 is 1.96 bits per heavy atom. The first-order valence-electron chi connectivity index (χ1n) is 9.74. The molecule has 0 atom stereocenters. The number of para-hydroxylation sites is 1. The summed E-state index contributed by atoms with van der Waals surface area (Å²) < 4.78 is 0. The lowest BCUT2D eigenvalue weighted by molar-refractivity contribution is -0.126. The van der Waals surface area contributed by atoms with Crippen LogP contribution in [0.25, 0.3) is 10.9 Å². The fraction of sp³-hybridized carbons (Fsp3) is 0.318. The minimum Gasteiger partial charge on any atom is -0.361 e. The molecule has 1 saturated heterocycles. The molecule has 1 aliphatic rings. The average molecular weight is 376 g/mol. The van der Waals surface area contributed by atoms with Gasteiger partial charge in [-0.2, -0.15) is 0 Å². The Bertz CT molecular complexity index is 959. The van der Waals surface area contributed by atoms with Crippen molar-refractivity contribution in [3.8, 4) is 0 Å².